The predicted molar refractivity (Wildman–Crippen MR) is 229 cm³/mol. The highest BCUT2D eigenvalue weighted by Crippen LogP contribution is 2.54. The van der Waals surface area contributed by atoms with Crippen molar-refractivity contribution in [2.45, 2.75) is 26.2 Å². The molecule has 3 aliphatic rings. The SMILES string of the molecule is Cc1ccc(N2B3c4cccc5c4-n4c6c(cccc6c6c7ccccc7c(c3c64)-c3ccc(N(c4ccccc4)c4ccccc4)cc32)C5(C)C)cc1. The Kier molecular flexibility index (Phi) is 5.86. The van der Waals surface area contributed by atoms with E-state index in [0.717, 1.165) is 17.1 Å². The van der Waals surface area contributed by atoms with Gasteiger partial charge in [-0.1, -0.05) is 135 Å². The van der Waals surface area contributed by atoms with Crippen LogP contribution in [0.5, 0.6) is 0 Å². The molecule has 0 spiro atoms. The van der Waals surface area contributed by atoms with Crippen molar-refractivity contribution in [1.29, 1.82) is 0 Å². The molecule has 0 atom stereocenters. The lowest BCUT2D eigenvalue weighted by molar-refractivity contribution is 0.631. The first-order valence-electron chi connectivity index (χ1n) is 19.1. The topological polar surface area (TPSA) is 11.4 Å². The number of rotatable bonds is 4. The van der Waals surface area contributed by atoms with Crippen LogP contribution in [0.2, 0.25) is 0 Å². The van der Waals surface area contributed by atoms with E-state index in [1.807, 2.05) is 0 Å². The van der Waals surface area contributed by atoms with Gasteiger partial charge in [0.05, 0.1) is 11.0 Å². The van der Waals surface area contributed by atoms with Crippen LogP contribution in [-0.2, 0) is 5.41 Å². The van der Waals surface area contributed by atoms with E-state index in [1.165, 1.54) is 88.4 Å². The molecule has 0 radical (unpaired) electrons. The number of nitrogens with zero attached hydrogens (tertiary/aromatic N) is 3. The number of hydrogen-bond acceptors (Lipinski definition) is 2. The third-order valence-corrected chi connectivity index (χ3v) is 12.6. The summed E-state index contributed by atoms with van der Waals surface area (Å²) in [5.74, 6) is 0. The molecule has 0 unspecified atom stereocenters. The normalized spacial score (nSPS) is 14.3. The van der Waals surface area contributed by atoms with Gasteiger partial charge in [-0.25, -0.2) is 0 Å². The van der Waals surface area contributed by atoms with Crippen molar-refractivity contribution in [3.8, 4) is 16.8 Å². The van der Waals surface area contributed by atoms with Crippen LogP contribution in [0.3, 0.4) is 0 Å². The number of fused-ring (bicyclic) bond motifs is 7. The van der Waals surface area contributed by atoms with E-state index in [9.17, 15) is 0 Å². The van der Waals surface area contributed by atoms with Crippen molar-refractivity contribution in [2.75, 3.05) is 9.71 Å². The Morgan fingerprint density at radius 2 is 1.20 bits per heavy atom. The third kappa shape index (κ3) is 3.72. The van der Waals surface area contributed by atoms with Crippen molar-refractivity contribution in [3.05, 3.63) is 180 Å². The van der Waals surface area contributed by atoms with Crippen LogP contribution in [0.1, 0.15) is 30.5 Å². The summed E-state index contributed by atoms with van der Waals surface area (Å²) in [6.45, 7) is 6.98. The van der Waals surface area contributed by atoms with Gasteiger partial charge in [0.25, 0.3) is 0 Å². The summed E-state index contributed by atoms with van der Waals surface area (Å²) in [6.07, 6.45) is 0. The molecular formula is C50H36BN3. The molecule has 0 saturated heterocycles. The molecule has 12 rings (SSSR count). The minimum Gasteiger partial charge on any atom is -0.376 e. The first-order chi connectivity index (χ1) is 26.5. The molecule has 1 aromatic heterocycles. The van der Waals surface area contributed by atoms with Crippen molar-refractivity contribution < 1.29 is 0 Å². The lowest BCUT2D eigenvalue weighted by atomic mass is 9.43. The Labute approximate surface area is 315 Å². The van der Waals surface area contributed by atoms with Gasteiger partial charge in [0.15, 0.2) is 0 Å². The Morgan fingerprint density at radius 3 is 1.94 bits per heavy atom. The van der Waals surface area contributed by atoms with E-state index >= 15 is 0 Å². The van der Waals surface area contributed by atoms with Gasteiger partial charge < -0.3 is 14.3 Å². The van der Waals surface area contributed by atoms with Gasteiger partial charge in [0.2, 0.25) is 0 Å². The summed E-state index contributed by atoms with van der Waals surface area (Å²) < 4.78 is 2.66. The summed E-state index contributed by atoms with van der Waals surface area (Å²) in [7, 11) is 0. The summed E-state index contributed by atoms with van der Waals surface area (Å²) in [5, 5.41) is 5.35. The fraction of sp³-hybridized carbons (Fsp3) is 0.0800. The minimum atomic E-state index is -0.161. The largest absolute Gasteiger partial charge is 0.376 e. The Hall–Kier alpha value is -6.52. The molecule has 4 heterocycles. The van der Waals surface area contributed by atoms with Crippen LogP contribution in [0, 0.1) is 6.92 Å². The average Bonchev–Trinajstić information content (AvgIpc) is 3.57. The van der Waals surface area contributed by atoms with Gasteiger partial charge in [-0.2, -0.15) is 0 Å². The number of para-hydroxylation sites is 4. The second-order valence-corrected chi connectivity index (χ2v) is 15.8. The molecule has 0 amide bonds. The Balaban J connectivity index is 1.27. The smallest absolute Gasteiger partial charge is 0.333 e. The van der Waals surface area contributed by atoms with E-state index in [1.54, 1.807) is 0 Å². The summed E-state index contributed by atoms with van der Waals surface area (Å²) >= 11 is 0. The maximum absolute atomic E-state index is 2.66. The van der Waals surface area contributed by atoms with Gasteiger partial charge in [0.1, 0.15) is 0 Å². The van der Waals surface area contributed by atoms with Crippen molar-refractivity contribution in [3.63, 3.8) is 0 Å². The minimum absolute atomic E-state index is 0.0384. The lowest BCUT2D eigenvalue weighted by Gasteiger charge is -2.45. The summed E-state index contributed by atoms with van der Waals surface area (Å²) in [5.41, 5.74) is 19.1. The van der Waals surface area contributed by atoms with Gasteiger partial charge in [-0.05, 0) is 93.8 Å². The molecule has 0 bridgehead atoms. The predicted octanol–water partition coefficient (Wildman–Crippen LogP) is 11.6. The van der Waals surface area contributed by atoms with Gasteiger partial charge in [-0.3, -0.25) is 0 Å². The molecule has 4 heteroatoms. The maximum atomic E-state index is 2.66. The molecular weight excluding hydrogens is 653 g/mol. The van der Waals surface area contributed by atoms with Gasteiger partial charge in [0, 0.05) is 55.9 Å². The highest BCUT2D eigenvalue weighted by Gasteiger charge is 2.48. The Morgan fingerprint density at radius 1 is 0.556 bits per heavy atom. The first-order valence-corrected chi connectivity index (χ1v) is 19.1. The van der Waals surface area contributed by atoms with Crippen LogP contribution < -0.4 is 20.6 Å². The molecule has 8 aromatic carbocycles. The highest BCUT2D eigenvalue weighted by molar-refractivity contribution is 6.94. The monoisotopic (exact) mass is 689 g/mol. The molecule has 3 aliphatic heterocycles. The van der Waals surface area contributed by atoms with Gasteiger partial charge in [-0.15, -0.1) is 0 Å². The third-order valence-electron chi connectivity index (χ3n) is 12.6. The van der Waals surface area contributed by atoms with E-state index in [2.05, 4.69) is 199 Å². The fourth-order valence-electron chi connectivity index (χ4n) is 10.2. The zero-order valence-corrected chi connectivity index (χ0v) is 30.5. The van der Waals surface area contributed by atoms with E-state index < -0.39 is 0 Å². The van der Waals surface area contributed by atoms with Crippen LogP contribution in [0.15, 0.2) is 164 Å². The molecule has 9 aromatic rings. The average molecular weight is 690 g/mol. The molecule has 254 valence electrons. The number of aryl methyl sites for hydroxylation is 1. The molecule has 3 nitrogen and oxygen atoms in total. The molecule has 54 heavy (non-hydrogen) atoms. The van der Waals surface area contributed by atoms with E-state index in [-0.39, 0.29) is 12.3 Å². The number of hydrogen-bond donors (Lipinski definition) is 0. The molecule has 0 saturated carbocycles. The summed E-state index contributed by atoms with van der Waals surface area (Å²) in [6, 6.07) is 61.1. The van der Waals surface area contributed by atoms with E-state index in [4.69, 9.17) is 0 Å². The zero-order chi connectivity index (χ0) is 35.9. The molecule has 0 N–H and O–H groups in total. The van der Waals surface area contributed by atoms with Crippen LogP contribution in [0.4, 0.5) is 28.4 Å². The van der Waals surface area contributed by atoms with Crippen molar-refractivity contribution in [1.82, 2.24) is 4.57 Å². The fourth-order valence-corrected chi connectivity index (χ4v) is 10.2. The van der Waals surface area contributed by atoms with Crippen molar-refractivity contribution in [2.24, 2.45) is 0 Å². The van der Waals surface area contributed by atoms with Crippen LogP contribution >= 0.6 is 0 Å². The second kappa shape index (κ2) is 10.5. The zero-order valence-electron chi connectivity index (χ0n) is 30.5. The number of aromatic nitrogens is 1. The van der Waals surface area contributed by atoms with Crippen molar-refractivity contribution >= 4 is 78.8 Å². The van der Waals surface area contributed by atoms with Crippen LogP contribution in [0.25, 0.3) is 49.4 Å². The standard InChI is InChI=1S/C50H36BN3/c1-31-24-26-34(27-25-31)54-43-30-35(52(32-14-6-4-7-15-32)33-16-8-5-9-17-33)28-29-38(43)44-36-18-10-11-19-37(36)45-39-20-12-21-40-47(39)53-48-41(50(40,2)3)22-13-23-42(48)51(54)46(44)49(45)53/h4-30H,1-3H3. The molecule has 0 fully saturated rings. The van der Waals surface area contributed by atoms with Gasteiger partial charge >= 0.3 is 6.85 Å². The lowest BCUT2D eigenvalue weighted by Crippen LogP contribution is -2.61. The summed E-state index contributed by atoms with van der Waals surface area (Å²) in [4.78, 5) is 5.04. The first kappa shape index (κ1) is 30.0. The Bertz CT molecular complexity index is 2990. The van der Waals surface area contributed by atoms with Crippen LogP contribution in [-0.4, -0.2) is 11.4 Å². The molecule has 0 aliphatic carbocycles. The number of benzene rings is 8. The second-order valence-electron chi connectivity index (χ2n) is 15.8. The maximum Gasteiger partial charge on any atom is 0.333 e. The highest BCUT2D eigenvalue weighted by atomic mass is 15.2. The quantitative estimate of drug-likeness (QED) is 0.170. The number of anilines is 5. The van der Waals surface area contributed by atoms with E-state index in [0.29, 0.717) is 0 Å².